The molecule has 1 N–H and O–H groups in total. The largest absolute Gasteiger partial charge is 0.366 e. The highest BCUT2D eigenvalue weighted by molar-refractivity contribution is 5.62. The van der Waals surface area contributed by atoms with Gasteiger partial charge in [0.25, 0.3) is 0 Å². The van der Waals surface area contributed by atoms with Gasteiger partial charge < -0.3 is 15.1 Å². The van der Waals surface area contributed by atoms with E-state index in [0.29, 0.717) is 0 Å². The number of aryl methyl sites for hydroxylation is 1. The summed E-state index contributed by atoms with van der Waals surface area (Å²) in [5, 5.41) is 3.49. The van der Waals surface area contributed by atoms with Crippen LogP contribution in [0.5, 0.6) is 0 Å². The summed E-state index contributed by atoms with van der Waals surface area (Å²) in [4.78, 5) is 14.4. The molecule has 0 saturated carbocycles. The maximum atomic E-state index is 4.88. The first-order chi connectivity index (χ1) is 13.7. The van der Waals surface area contributed by atoms with Crippen molar-refractivity contribution in [2.45, 2.75) is 13.5 Å². The number of benzene rings is 2. The van der Waals surface area contributed by atoms with Crippen LogP contribution in [0.3, 0.4) is 0 Å². The van der Waals surface area contributed by atoms with E-state index in [1.807, 2.05) is 18.2 Å². The van der Waals surface area contributed by atoms with E-state index in [4.69, 9.17) is 9.97 Å². The Morgan fingerprint density at radius 2 is 1.61 bits per heavy atom. The number of nitrogens with one attached hydrogen (secondary N) is 1. The maximum Gasteiger partial charge on any atom is 0.163 e. The first-order valence-corrected chi connectivity index (χ1v) is 9.85. The van der Waals surface area contributed by atoms with Gasteiger partial charge in [-0.3, -0.25) is 0 Å². The summed E-state index contributed by atoms with van der Waals surface area (Å²) in [6, 6.07) is 20.9. The van der Waals surface area contributed by atoms with Gasteiger partial charge in [-0.15, -0.1) is 0 Å². The molecule has 28 heavy (non-hydrogen) atoms. The average Bonchev–Trinajstić information content (AvgIpc) is 2.74. The second-order valence-corrected chi connectivity index (χ2v) is 7.43. The predicted octanol–water partition coefficient (Wildman–Crippen LogP) is 3.82. The van der Waals surface area contributed by atoms with E-state index in [9.17, 15) is 0 Å². The van der Waals surface area contributed by atoms with E-state index in [0.717, 1.165) is 55.7 Å². The van der Waals surface area contributed by atoms with Crippen molar-refractivity contribution in [3.63, 3.8) is 0 Å². The summed E-state index contributed by atoms with van der Waals surface area (Å²) < 4.78 is 0. The summed E-state index contributed by atoms with van der Waals surface area (Å²) in [5.41, 5.74) is 3.55. The fourth-order valence-electron chi connectivity index (χ4n) is 3.34. The smallest absolute Gasteiger partial charge is 0.163 e. The van der Waals surface area contributed by atoms with E-state index in [1.54, 1.807) is 0 Å². The Kier molecular flexibility index (Phi) is 5.53. The summed E-state index contributed by atoms with van der Waals surface area (Å²) >= 11 is 0. The molecule has 5 heteroatoms. The van der Waals surface area contributed by atoms with Crippen molar-refractivity contribution in [1.29, 1.82) is 0 Å². The highest BCUT2D eigenvalue weighted by Gasteiger charge is 2.17. The number of rotatable bonds is 5. The van der Waals surface area contributed by atoms with Crippen molar-refractivity contribution in [2.24, 2.45) is 0 Å². The van der Waals surface area contributed by atoms with Crippen molar-refractivity contribution in [3.8, 4) is 11.4 Å². The molecule has 1 aromatic heterocycles. The van der Waals surface area contributed by atoms with Gasteiger partial charge in [0.15, 0.2) is 5.82 Å². The highest BCUT2D eigenvalue weighted by atomic mass is 15.3. The van der Waals surface area contributed by atoms with Gasteiger partial charge >= 0.3 is 0 Å². The van der Waals surface area contributed by atoms with Crippen LogP contribution in [-0.4, -0.2) is 48.1 Å². The van der Waals surface area contributed by atoms with Gasteiger partial charge in [0.1, 0.15) is 11.6 Å². The molecule has 3 aromatic rings. The van der Waals surface area contributed by atoms with Gasteiger partial charge in [0.2, 0.25) is 0 Å². The molecule has 1 fully saturated rings. The van der Waals surface area contributed by atoms with Gasteiger partial charge in [-0.2, -0.15) is 0 Å². The molecule has 0 unspecified atom stereocenters. The molecule has 0 spiro atoms. The molecule has 1 saturated heterocycles. The van der Waals surface area contributed by atoms with E-state index in [1.165, 1.54) is 11.1 Å². The number of hydrogen-bond acceptors (Lipinski definition) is 5. The molecule has 0 amide bonds. The lowest BCUT2D eigenvalue weighted by Crippen LogP contribution is -2.44. The summed E-state index contributed by atoms with van der Waals surface area (Å²) in [6.07, 6.45) is 0. The second kappa shape index (κ2) is 8.40. The molecule has 0 radical (unpaired) electrons. The molecule has 5 nitrogen and oxygen atoms in total. The Bertz CT molecular complexity index is 900. The average molecular weight is 374 g/mol. The van der Waals surface area contributed by atoms with E-state index in [-0.39, 0.29) is 0 Å². The minimum atomic E-state index is 0.744. The van der Waals surface area contributed by atoms with Gasteiger partial charge in [-0.05, 0) is 19.5 Å². The van der Waals surface area contributed by atoms with Crippen LogP contribution in [0.4, 0.5) is 11.6 Å². The first-order valence-electron chi connectivity index (χ1n) is 9.85. The Morgan fingerprint density at radius 3 is 2.32 bits per heavy atom. The van der Waals surface area contributed by atoms with Crippen molar-refractivity contribution in [3.05, 3.63) is 71.8 Å². The lowest BCUT2D eigenvalue weighted by atomic mass is 10.1. The van der Waals surface area contributed by atoms with Crippen molar-refractivity contribution < 1.29 is 0 Å². The minimum absolute atomic E-state index is 0.744. The zero-order valence-corrected chi connectivity index (χ0v) is 16.6. The van der Waals surface area contributed by atoms with E-state index < -0.39 is 0 Å². The molecule has 1 aliphatic heterocycles. The fourth-order valence-corrected chi connectivity index (χ4v) is 3.34. The molecular weight excluding hydrogens is 346 g/mol. The molecule has 0 bridgehead atoms. The minimum Gasteiger partial charge on any atom is -0.366 e. The summed E-state index contributed by atoms with van der Waals surface area (Å²) in [7, 11) is 2.17. The fraction of sp³-hybridized carbons (Fsp3) is 0.304. The third-order valence-electron chi connectivity index (χ3n) is 5.17. The van der Waals surface area contributed by atoms with Crippen LogP contribution in [0.2, 0.25) is 0 Å². The Balaban J connectivity index is 1.60. The molecule has 0 atom stereocenters. The number of anilines is 2. The third kappa shape index (κ3) is 4.49. The van der Waals surface area contributed by atoms with Crippen LogP contribution >= 0.6 is 0 Å². The normalized spacial score (nSPS) is 14.9. The Hall–Kier alpha value is -2.92. The zero-order chi connectivity index (χ0) is 19.3. The van der Waals surface area contributed by atoms with Gasteiger partial charge in [0, 0.05) is 44.4 Å². The molecular formula is C23H27N5. The zero-order valence-electron chi connectivity index (χ0n) is 16.6. The number of piperazine rings is 1. The number of likely N-dealkylation sites (N-methyl/N-ethyl adjacent to an activating group) is 1. The highest BCUT2D eigenvalue weighted by Crippen LogP contribution is 2.23. The van der Waals surface area contributed by atoms with Crippen LogP contribution in [0, 0.1) is 6.92 Å². The summed E-state index contributed by atoms with van der Waals surface area (Å²) in [6.45, 7) is 6.93. The lowest BCUT2D eigenvalue weighted by molar-refractivity contribution is 0.312. The number of nitrogens with zero attached hydrogens (tertiary/aromatic N) is 4. The topological polar surface area (TPSA) is 44.3 Å². The Labute approximate surface area is 167 Å². The van der Waals surface area contributed by atoms with Crippen LogP contribution in [0.15, 0.2) is 60.7 Å². The van der Waals surface area contributed by atoms with Crippen molar-refractivity contribution in [2.75, 3.05) is 43.4 Å². The summed E-state index contributed by atoms with van der Waals surface area (Å²) in [5.74, 6) is 2.63. The monoisotopic (exact) mass is 373 g/mol. The van der Waals surface area contributed by atoms with Gasteiger partial charge in [0.05, 0.1) is 0 Å². The van der Waals surface area contributed by atoms with E-state index >= 15 is 0 Å². The standard InChI is InChI=1S/C23H27N5/c1-18-8-10-19(11-9-18)17-24-21-16-22(28-14-12-27(2)13-15-28)26-23(25-21)20-6-4-3-5-7-20/h3-11,16H,12-15,17H2,1-2H3,(H,24,25,26). The third-order valence-corrected chi connectivity index (χ3v) is 5.17. The molecule has 144 valence electrons. The quantitative estimate of drug-likeness (QED) is 0.737. The molecule has 2 aromatic carbocycles. The Morgan fingerprint density at radius 1 is 0.893 bits per heavy atom. The second-order valence-electron chi connectivity index (χ2n) is 7.43. The van der Waals surface area contributed by atoms with Gasteiger partial charge in [-0.25, -0.2) is 9.97 Å². The number of aromatic nitrogens is 2. The van der Waals surface area contributed by atoms with Crippen molar-refractivity contribution in [1.82, 2.24) is 14.9 Å². The van der Waals surface area contributed by atoms with Crippen LogP contribution in [0.25, 0.3) is 11.4 Å². The molecule has 2 heterocycles. The SMILES string of the molecule is Cc1ccc(CNc2cc(N3CCN(C)CC3)nc(-c3ccccc3)n2)cc1. The van der Waals surface area contributed by atoms with E-state index in [2.05, 4.69) is 71.6 Å². The predicted molar refractivity (Wildman–Crippen MR) is 116 cm³/mol. The lowest BCUT2D eigenvalue weighted by Gasteiger charge is -2.33. The maximum absolute atomic E-state index is 4.88. The first kappa shape index (κ1) is 18.4. The van der Waals surface area contributed by atoms with Crippen molar-refractivity contribution >= 4 is 11.6 Å². The molecule has 0 aliphatic carbocycles. The van der Waals surface area contributed by atoms with Crippen LogP contribution in [-0.2, 0) is 6.54 Å². The van der Waals surface area contributed by atoms with Gasteiger partial charge in [-0.1, -0.05) is 60.2 Å². The molecule has 1 aliphatic rings. The molecule has 4 rings (SSSR count). The van der Waals surface area contributed by atoms with Crippen LogP contribution in [0.1, 0.15) is 11.1 Å². The number of hydrogen-bond donors (Lipinski definition) is 1. The van der Waals surface area contributed by atoms with Crippen LogP contribution < -0.4 is 10.2 Å².